The van der Waals surface area contributed by atoms with Gasteiger partial charge >= 0.3 is 0 Å². The molecule has 0 saturated carbocycles. The van der Waals surface area contributed by atoms with Crippen LogP contribution in [0.4, 0.5) is 0 Å². The zero-order valence-electron chi connectivity index (χ0n) is 13.5. The average Bonchev–Trinajstić information content (AvgIpc) is 2.43. The number of halogens is 1. The van der Waals surface area contributed by atoms with Gasteiger partial charge in [-0.05, 0) is 70.1 Å². The van der Waals surface area contributed by atoms with Crippen molar-refractivity contribution >= 4 is 15.9 Å². The van der Waals surface area contributed by atoms with Crippen LogP contribution in [0.2, 0.25) is 0 Å². The molecule has 4 heteroatoms. The summed E-state index contributed by atoms with van der Waals surface area (Å²) in [6.07, 6.45) is 2.55. The number of benzene rings is 1. The van der Waals surface area contributed by atoms with Crippen LogP contribution in [0.5, 0.6) is 0 Å². The summed E-state index contributed by atoms with van der Waals surface area (Å²) in [6.45, 7) is 6.31. The van der Waals surface area contributed by atoms with Crippen molar-refractivity contribution < 1.29 is 0 Å². The molecule has 1 aliphatic rings. The second kappa shape index (κ2) is 7.73. The van der Waals surface area contributed by atoms with Gasteiger partial charge < -0.3 is 10.6 Å². The van der Waals surface area contributed by atoms with Crippen LogP contribution in [-0.2, 0) is 0 Å². The number of nitrogens with two attached hydrogens (primary N) is 1. The minimum absolute atomic E-state index is 0.334. The maximum Gasteiger partial charge on any atom is 0.0481 e. The fourth-order valence-electron chi connectivity index (χ4n) is 3.34. The largest absolute Gasteiger partial charge is 0.329 e. The first-order chi connectivity index (χ1) is 10.0. The summed E-state index contributed by atoms with van der Waals surface area (Å²) in [5.41, 5.74) is 8.70. The van der Waals surface area contributed by atoms with E-state index in [2.05, 4.69) is 64.9 Å². The third kappa shape index (κ3) is 4.52. The van der Waals surface area contributed by atoms with Crippen LogP contribution in [0.3, 0.4) is 0 Å². The van der Waals surface area contributed by atoms with Crippen molar-refractivity contribution in [3.63, 3.8) is 0 Å². The SMILES string of the molecule is Cc1ccc(C(CN)N2CCC(CN(C)C)CC2)c(Br)c1. The zero-order chi connectivity index (χ0) is 15.4. The summed E-state index contributed by atoms with van der Waals surface area (Å²) in [7, 11) is 4.33. The van der Waals surface area contributed by atoms with E-state index in [1.54, 1.807) is 0 Å². The van der Waals surface area contributed by atoms with Crippen molar-refractivity contribution in [2.45, 2.75) is 25.8 Å². The van der Waals surface area contributed by atoms with Gasteiger partial charge in [0, 0.05) is 23.6 Å². The quantitative estimate of drug-likeness (QED) is 0.882. The van der Waals surface area contributed by atoms with Crippen molar-refractivity contribution in [3.05, 3.63) is 33.8 Å². The van der Waals surface area contributed by atoms with Crippen molar-refractivity contribution in [1.29, 1.82) is 0 Å². The highest BCUT2D eigenvalue weighted by atomic mass is 79.9. The Kier molecular flexibility index (Phi) is 6.23. The van der Waals surface area contributed by atoms with Gasteiger partial charge in [-0.3, -0.25) is 4.90 Å². The molecule has 1 fully saturated rings. The molecule has 3 nitrogen and oxygen atoms in total. The third-order valence-corrected chi connectivity index (χ3v) is 5.14. The van der Waals surface area contributed by atoms with E-state index in [-0.39, 0.29) is 0 Å². The number of likely N-dealkylation sites (tertiary alicyclic amines) is 1. The standard InChI is InChI=1S/C17H28BrN3/c1-13-4-5-15(16(18)10-13)17(11-19)21-8-6-14(7-9-21)12-20(2)3/h4-5,10,14,17H,6-9,11-12,19H2,1-3H3. The highest BCUT2D eigenvalue weighted by Gasteiger charge is 2.26. The van der Waals surface area contributed by atoms with Gasteiger partial charge in [-0.1, -0.05) is 28.1 Å². The van der Waals surface area contributed by atoms with E-state index in [0.717, 1.165) is 19.0 Å². The summed E-state index contributed by atoms with van der Waals surface area (Å²) < 4.78 is 1.19. The summed E-state index contributed by atoms with van der Waals surface area (Å²) in [5.74, 6) is 0.830. The fourth-order valence-corrected chi connectivity index (χ4v) is 4.10. The smallest absolute Gasteiger partial charge is 0.0481 e. The first-order valence-corrected chi connectivity index (χ1v) is 8.65. The van der Waals surface area contributed by atoms with Crippen LogP contribution in [0.25, 0.3) is 0 Å². The normalized spacial score (nSPS) is 19.1. The van der Waals surface area contributed by atoms with E-state index in [1.165, 1.54) is 35.0 Å². The molecule has 0 bridgehead atoms. The Labute approximate surface area is 137 Å². The summed E-state index contributed by atoms with van der Waals surface area (Å²) in [5, 5.41) is 0. The Hall–Kier alpha value is -0.420. The molecule has 1 aliphatic heterocycles. The lowest BCUT2D eigenvalue weighted by Crippen LogP contribution is -2.41. The molecule has 0 aromatic heterocycles. The van der Waals surface area contributed by atoms with Crippen molar-refractivity contribution in [2.24, 2.45) is 11.7 Å². The van der Waals surface area contributed by atoms with E-state index in [0.29, 0.717) is 12.6 Å². The van der Waals surface area contributed by atoms with E-state index >= 15 is 0 Å². The first kappa shape index (κ1) is 16.9. The van der Waals surface area contributed by atoms with Gasteiger partial charge in [0.2, 0.25) is 0 Å². The fraction of sp³-hybridized carbons (Fsp3) is 0.647. The maximum atomic E-state index is 6.09. The molecule has 0 amide bonds. The number of hydrogen-bond acceptors (Lipinski definition) is 3. The predicted molar refractivity (Wildman–Crippen MR) is 93.5 cm³/mol. The molecule has 1 atom stereocenters. The van der Waals surface area contributed by atoms with Crippen molar-refractivity contribution in [1.82, 2.24) is 9.80 Å². The number of aryl methyl sites for hydroxylation is 1. The van der Waals surface area contributed by atoms with Gasteiger partial charge in [0.15, 0.2) is 0 Å². The minimum atomic E-state index is 0.334. The van der Waals surface area contributed by atoms with Gasteiger partial charge in [0.1, 0.15) is 0 Å². The van der Waals surface area contributed by atoms with Crippen LogP contribution < -0.4 is 5.73 Å². The van der Waals surface area contributed by atoms with Crippen LogP contribution >= 0.6 is 15.9 Å². The van der Waals surface area contributed by atoms with Crippen LogP contribution in [-0.4, -0.2) is 50.1 Å². The molecule has 1 aromatic carbocycles. The Balaban J connectivity index is 2.02. The second-order valence-electron chi connectivity index (χ2n) is 6.52. The molecule has 1 unspecified atom stereocenters. The van der Waals surface area contributed by atoms with Gasteiger partial charge in [0.05, 0.1) is 0 Å². The van der Waals surface area contributed by atoms with Crippen molar-refractivity contribution in [2.75, 3.05) is 40.3 Å². The lowest BCUT2D eigenvalue weighted by atomic mass is 9.93. The molecule has 0 spiro atoms. The van der Waals surface area contributed by atoms with Crippen LogP contribution in [0, 0.1) is 12.8 Å². The molecule has 2 rings (SSSR count). The number of hydrogen-bond donors (Lipinski definition) is 1. The lowest BCUT2D eigenvalue weighted by Gasteiger charge is -2.38. The highest BCUT2D eigenvalue weighted by Crippen LogP contribution is 2.31. The second-order valence-corrected chi connectivity index (χ2v) is 7.37. The molecule has 0 aliphatic carbocycles. The van der Waals surface area contributed by atoms with Gasteiger partial charge in [-0.2, -0.15) is 0 Å². The molecule has 0 radical (unpaired) electrons. The van der Waals surface area contributed by atoms with E-state index < -0.39 is 0 Å². The molecular formula is C17H28BrN3. The lowest BCUT2D eigenvalue weighted by molar-refractivity contribution is 0.122. The van der Waals surface area contributed by atoms with E-state index in [4.69, 9.17) is 5.73 Å². The monoisotopic (exact) mass is 353 g/mol. The molecular weight excluding hydrogens is 326 g/mol. The van der Waals surface area contributed by atoms with Gasteiger partial charge in [-0.25, -0.2) is 0 Å². The Morgan fingerprint density at radius 2 is 2.00 bits per heavy atom. The summed E-state index contributed by atoms with van der Waals surface area (Å²) in [6, 6.07) is 6.93. The number of rotatable bonds is 5. The Morgan fingerprint density at radius 3 is 2.52 bits per heavy atom. The first-order valence-electron chi connectivity index (χ1n) is 7.86. The van der Waals surface area contributed by atoms with Crippen molar-refractivity contribution in [3.8, 4) is 0 Å². The van der Waals surface area contributed by atoms with Crippen LogP contribution in [0.1, 0.15) is 30.0 Å². The van der Waals surface area contributed by atoms with Gasteiger partial charge in [0.25, 0.3) is 0 Å². The Morgan fingerprint density at radius 1 is 1.33 bits per heavy atom. The third-order valence-electron chi connectivity index (χ3n) is 4.45. The van der Waals surface area contributed by atoms with E-state index in [9.17, 15) is 0 Å². The molecule has 2 N–H and O–H groups in total. The molecule has 1 saturated heterocycles. The zero-order valence-corrected chi connectivity index (χ0v) is 15.1. The van der Waals surface area contributed by atoms with Crippen LogP contribution in [0.15, 0.2) is 22.7 Å². The molecule has 118 valence electrons. The van der Waals surface area contributed by atoms with Gasteiger partial charge in [-0.15, -0.1) is 0 Å². The minimum Gasteiger partial charge on any atom is -0.329 e. The average molecular weight is 354 g/mol. The maximum absolute atomic E-state index is 6.09. The molecule has 21 heavy (non-hydrogen) atoms. The number of nitrogens with zero attached hydrogens (tertiary/aromatic N) is 2. The summed E-state index contributed by atoms with van der Waals surface area (Å²) >= 11 is 3.71. The highest BCUT2D eigenvalue weighted by molar-refractivity contribution is 9.10. The summed E-state index contributed by atoms with van der Waals surface area (Å²) in [4.78, 5) is 4.86. The predicted octanol–water partition coefficient (Wildman–Crippen LogP) is 3.03. The topological polar surface area (TPSA) is 32.5 Å². The van der Waals surface area contributed by atoms with E-state index in [1.807, 2.05) is 0 Å². The Bertz CT molecular complexity index is 453. The molecule has 1 heterocycles. The number of piperidine rings is 1. The molecule has 1 aromatic rings.